The fourth-order valence-corrected chi connectivity index (χ4v) is 2.73. The molecule has 7 nitrogen and oxygen atoms in total. The van der Waals surface area contributed by atoms with Gasteiger partial charge in [0, 0.05) is 19.2 Å². The lowest BCUT2D eigenvalue weighted by atomic mass is 10.3. The normalized spacial score (nSPS) is 15.5. The van der Waals surface area contributed by atoms with Gasteiger partial charge in [-0.3, -0.25) is 9.89 Å². The summed E-state index contributed by atoms with van der Waals surface area (Å²) in [6.07, 6.45) is 1.85. The van der Waals surface area contributed by atoms with Crippen LogP contribution < -0.4 is 10.5 Å². The standard InChI is InChI=1S/C12H13N5O2S/c1-20-12-8(7-13)11-14-9(6-10(18)17(11)15-12)16-2-4-19-5-3-16/h6,15H,2-5H2,1H3. The highest BCUT2D eigenvalue weighted by Crippen LogP contribution is 2.22. The summed E-state index contributed by atoms with van der Waals surface area (Å²) in [6, 6.07) is 3.60. The highest BCUT2D eigenvalue weighted by molar-refractivity contribution is 7.98. The average Bonchev–Trinajstić information content (AvgIpc) is 2.86. The van der Waals surface area contributed by atoms with Crippen molar-refractivity contribution in [2.45, 2.75) is 5.03 Å². The largest absolute Gasteiger partial charge is 0.378 e. The molecule has 3 heterocycles. The first kappa shape index (κ1) is 13.0. The number of fused-ring (bicyclic) bond motifs is 1. The highest BCUT2D eigenvalue weighted by atomic mass is 32.2. The third kappa shape index (κ3) is 2.05. The van der Waals surface area contributed by atoms with Crippen molar-refractivity contribution in [1.82, 2.24) is 14.6 Å². The molecule has 1 aliphatic rings. The van der Waals surface area contributed by atoms with E-state index in [9.17, 15) is 10.1 Å². The van der Waals surface area contributed by atoms with Crippen LogP contribution in [0.1, 0.15) is 5.56 Å². The SMILES string of the molecule is CSc1[nH]n2c(=O)cc(N3CCOCC3)nc2c1C#N. The van der Waals surface area contributed by atoms with E-state index < -0.39 is 0 Å². The van der Waals surface area contributed by atoms with Gasteiger partial charge in [-0.2, -0.15) is 9.78 Å². The van der Waals surface area contributed by atoms with Crippen molar-refractivity contribution in [2.24, 2.45) is 0 Å². The van der Waals surface area contributed by atoms with Crippen molar-refractivity contribution in [3.63, 3.8) is 0 Å². The van der Waals surface area contributed by atoms with Gasteiger partial charge in [-0.05, 0) is 6.26 Å². The van der Waals surface area contributed by atoms with E-state index in [4.69, 9.17) is 4.74 Å². The molecule has 8 heteroatoms. The molecule has 2 aromatic rings. The Morgan fingerprint density at radius 1 is 1.50 bits per heavy atom. The van der Waals surface area contributed by atoms with E-state index in [1.54, 1.807) is 0 Å². The summed E-state index contributed by atoms with van der Waals surface area (Å²) in [5, 5.41) is 12.8. The van der Waals surface area contributed by atoms with Gasteiger partial charge in [-0.15, -0.1) is 11.8 Å². The lowest BCUT2D eigenvalue weighted by Crippen LogP contribution is -2.37. The molecule has 0 aliphatic carbocycles. The highest BCUT2D eigenvalue weighted by Gasteiger charge is 2.18. The number of rotatable bonds is 2. The number of anilines is 1. The summed E-state index contributed by atoms with van der Waals surface area (Å²) in [6.45, 7) is 2.64. The molecule has 0 unspecified atom stereocenters. The van der Waals surface area contributed by atoms with Gasteiger partial charge >= 0.3 is 0 Å². The number of nitriles is 1. The maximum Gasteiger partial charge on any atom is 0.274 e. The maximum atomic E-state index is 12.2. The molecule has 0 radical (unpaired) electrons. The monoisotopic (exact) mass is 291 g/mol. The van der Waals surface area contributed by atoms with Gasteiger partial charge < -0.3 is 9.64 Å². The number of H-pyrrole nitrogens is 1. The Kier molecular flexibility index (Phi) is 3.38. The molecule has 0 aromatic carbocycles. The zero-order chi connectivity index (χ0) is 14.1. The molecule has 0 amide bonds. The van der Waals surface area contributed by atoms with Gasteiger partial charge in [0.25, 0.3) is 5.56 Å². The molecule has 1 saturated heterocycles. The number of aromatic amines is 1. The van der Waals surface area contributed by atoms with E-state index in [-0.39, 0.29) is 5.56 Å². The maximum absolute atomic E-state index is 12.2. The van der Waals surface area contributed by atoms with E-state index in [1.165, 1.54) is 22.3 Å². The van der Waals surface area contributed by atoms with Gasteiger partial charge in [-0.25, -0.2) is 4.98 Å². The molecule has 104 valence electrons. The molecule has 20 heavy (non-hydrogen) atoms. The zero-order valence-electron chi connectivity index (χ0n) is 10.9. The lowest BCUT2D eigenvalue weighted by molar-refractivity contribution is 0.122. The number of aromatic nitrogens is 3. The minimum atomic E-state index is -0.215. The van der Waals surface area contributed by atoms with Gasteiger partial charge in [0.2, 0.25) is 0 Å². The number of ether oxygens (including phenoxy) is 1. The number of hydrogen-bond donors (Lipinski definition) is 1. The minimum absolute atomic E-state index is 0.215. The Morgan fingerprint density at radius 2 is 2.25 bits per heavy atom. The summed E-state index contributed by atoms with van der Waals surface area (Å²) in [4.78, 5) is 18.6. The third-order valence-corrected chi connectivity index (χ3v) is 3.92. The fourth-order valence-electron chi connectivity index (χ4n) is 2.21. The Bertz CT molecular complexity index is 739. The van der Waals surface area contributed by atoms with Gasteiger partial charge in [-0.1, -0.05) is 0 Å². The zero-order valence-corrected chi connectivity index (χ0v) is 11.7. The topological polar surface area (TPSA) is 86.4 Å². The molecule has 1 aliphatic heterocycles. The number of hydrogen-bond acceptors (Lipinski definition) is 6. The van der Waals surface area contributed by atoms with Gasteiger partial charge in [0.05, 0.1) is 13.2 Å². The number of thioether (sulfide) groups is 1. The van der Waals surface area contributed by atoms with Crippen LogP contribution in [0.5, 0.6) is 0 Å². The summed E-state index contributed by atoms with van der Waals surface area (Å²) in [7, 11) is 0. The number of morpholine rings is 1. The summed E-state index contributed by atoms with van der Waals surface area (Å²) in [5.74, 6) is 0.599. The van der Waals surface area contributed by atoms with Crippen molar-refractivity contribution in [1.29, 1.82) is 5.26 Å². The Labute approximate surface area is 119 Å². The van der Waals surface area contributed by atoms with Crippen LogP contribution in [0.15, 0.2) is 15.9 Å². The van der Waals surface area contributed by atoms with Crippen molar-refractivity contribution in [2.75, 3.05) is 37.5 Å². The molecule has 0 spiro atoms. The predicted octanol–water partition coefficient (Wildman–Crippen LogP) is 0.453. The molecule has 0 saturated carbocycles. The van der Waals surface area contributed by atoms with E-state index in [1.807, 2.05) is 11.2 Å². The molecule has 1 N–H and O–H groups in total. The Hall–Kier alpha value is -1.98. The van der Waals surface area contributed by atoms with Crippen molar-refractivity contribution in [3.8, 4) is 6.07 Å². The van der Waals surface area contributed by atoms with Crippen LogP contribution >= 0.6 is 11.8 Å². The van der Waals surface area contributed by atoms with Crippen molar-refractivity contribution >= 4 is 23.2 Å². The van der Waals surface area contributed by atoms with Gasteiger partial charge in [0.1, 0.15) is 22.5 Å². The molecule has 2 aromatic heterocycles. The smallest absolute Gasteiger partial charge is 0.274 e. The van der Waals surface area contributed by atoms with E-state index >= 15 is 0 Å². The first-order valence-electron chi connectivity index (χ1n) is 6.17. The number of nitrogens with zero attached hydrogens (tertiary/aromatic N) is 4. The minimum Gasteiger partial charge on any atom is -0.378 e. The van der Waals surface area contributed by atoms with Crippen LogP contribution in [-0.2, 0) is 4.74 Å². The Morgan fingerprint density at radius 3 is 2.90 bits per heavy atom. The summed E-state index contributed by atoms with van der Waals surface area (Å²) >= 11 is 1.38. The summed E-state index contributed by atoms with van der Waals surface area (Å²) in [5.41, 5.74) is 0.573. The summed E-state index contributed by atoms with van der Waals surface area (Å²) < 4.78 is 6.60. The third-order valence-electron chi connectivity index (χ3n) is 3.22. The van der Waals surface area contributed by atoms with Crippen LogP contribution in [0.3, 0.4) is 0 Å². The fraction of sp³-hybridized carbons (Fsp3) is 0.417. The second kappa shape index (κ2) is 5.19. The lowest BCUT2D eigenvalue weighted by Gasteiger charge is -2.27. The molecular formula is C12H13N5O2S. The van der Waals surface area contributed by atoms with Gasteiger partial charge in [0.15, 0.2) is 5.65 Å². The Balaban J connectivity index is 2.17. The second-order valence-electron chi connectivity index (χ2n) is 4.34. The van der Waals surface area contributed by atoms with E-state index in [0.717, 1.165) is 0 Å². The predicted molar refractivity (Wildman–Crippen MR) is 75.3 cm³/mol. The van der Waals surface area contributed by atoms with Crippen LogP contribution in [-0.4, -0.2) is 47.2 Å². The van der Waals surface area contributed by atoms with Crippen LogP contribution in [0.4, 0.5) is 5.82 Å². The molecule has 1 fully saturated rings. The number of nitrogens with one attached hydrogen (secondary N) is 1. The van der Waals surface area contributed by atoms with Crippen molar-refractivity contribution < 1.29 is 4.74 Å². The van der Waals surface area contributed by atoms with Crippen LogP contribution in [0, 0.1) is 11.3 Å². The molecule has 3 rings (SSSR count). The average molecular weight is 291 g/mol. The second-order valence-corrected chi connectivity index (χ2v) is 5.16. The van der Waals surface area contributed by atoms with E-state index in [0.29, 0.717) is 48.4 Å². The van der Waals surface area contributed by atoms with Crippen molar-refractivity contribution in [3.05, 3.63) is 22.0 Å². The van der Waals surface area contributed by atoms with Crippen LogP contribution in [0.2, 0.25) is 0 Å². The first-order chi connectivity index (χ1) is 9.74. The molecular weight excluding hydrogens is 278 g/mol. The van der Waals surface area contributed by atoms with E-state index in [2.05, 4.69) is 16.2 Å². The quantitative estimate of drug-likeness (QED) is 0.809. The molecule has 0 atom stereocenters. The first-order valence-corrected chi connectivity index (χ1v) is 7.39. The van der Waals surface area contributed by atoms with Crippen LogP contribution in [0.25, 0.3) is 5.65 Å². The molecule has 0 bridgehead atoms.